The number of piperazine rings is 1. The van der Waals surface area contributed by atoms with E-state index in [-0.39, 0.29) is 5.91 Å². The van der Waals surface area contributed by atoms with Crippen molar-refractivity contribution in [3.8, 4) is 17.0 Å². The quantitative estimate of drug-likeness (QED) is 0.666. The van der Waals surface area contributed by atoms with Crippen molar-refractivity contribution in [2.75, 3.05) is 38.2 Å². The molecule has 6 heteroatoms. The number of benzene rings is 2. The Morgan fingerprint density at radius 2 is 1.70 bits per heavy atom. The van der Waals surface area contributed by atoms with Gasteiger partial charge in [0.15, 0.2) is 5.82 Å². The number of rotatable bonds is 4. The van der Waals surface area contributed by atoms with Gasteiger partial charge >= 0.3 is 0 Å². The maximum Gasteiger partial charge on any atom is 0.254 e. The molecule has 0 saturated carbocycles. The minimum atomic E-state index is 0.0322. The molecule has 154 valence electrons. The van der Waals surface area contributed by atoms with E-state index in [1.54, 1.807) is 13.2 Å². The van der Waals surface area contributed by atoms with Crippen LogP contribution >= 0.6 is 0 Å². The molecule has 0 radical (unpaired) electrons. The molecular formula is C24H26N4O2. The van der Waals surface area contributed by atoms with Crippen LogP contribution < -0.4 is 9.64 Å². The van der Waals surface area contributed by atoms with Gasteiger partial charge < -0.3 is 14.5 Å². The van der Waals surface area contributed by atoms with E-state index >= 15 is 0 Å². The molecule has 0 bridgehead atoms. The molecular weight excluding hydrogens is 376 g/mol. The van der Waals surface area contributed by atoms with E-state index in [4.69, 9.17) is 4.74 Å². The molecule has 4 rings (SSSR count). The van der Waals surface area contributed by atoms with Crippen LogP contribution in [0.2, 0.25) is 0 Å². The number of amides is 1. The molecule has 0 unspecified atom stereocenters. The number of carbonyl (C=O) groups excluding carboxylic acids is 1. The van der Waals surface area contributed by atoms with Gasteiger partial charge in [-0.05, 0) is 61.4 Å². The highest BCUT2D eigenvalue weighted by atomic mass is 16.5. The van der Waals surface area contributed by atoms with E-state index in [1.165, 1.54) is 11.1 Å². The summed E-state index contributed by atoms with van der Waals surface area (Å²) in [5, 5.41) is 8.87. The fraction of sp³-hybridized carbons (Fsp3) is 0.292. The molecule has 30 heavy (non-hydrogen) atoms. The molecule has 1 fully saturated rings. The highest BCUT2D eigenvalue weighted by Gasteiger charge is 2.23. The summed E-state index contributed by atoms with van der Waals surface area (Å²) in [6.07, 6.45) is 0. The summed E-state index contributed by atoms with van der Waals surface area (Å²) in [6.45, 7) is 6.97. The van der Waals surface area contributed by atoms with Crippen LogP contribution in [0.1, 0.15) is 21.5 Å². The first-order valence-corrected chi connectivity index (χ1v) is 10.1. The standard InChI is InChI=1S/C24H26N4O2/c1-17-7-8-19(15-18(17)2)22-9-10-23(26-25-22)27-11-13-28(14-12-27)24(29)20-5-4-6-21(16-20)30-3/h4-10,15-16H,11-14H2,1-3H3. The summed E-state index contributed by atoms with van der Waals surface area (Å²) < 4.78 is 5.23. The van der Waals surface area contributed by atoms with Crippen molar-refractivity contribution in [2.45, 2.75) is 13.8 Å². The van der Waals surface area contributed by atoms with Crippen LogP contribution in [0.25, 0.3) is 11.3 Å². The zero-order valence-corrected chi connectivity index (χ0v) is 17.6. The SMILES string of the molecule is COc1cccc(C(=O)N2CCN(c3ccc(-c4ccc(C)c(C)c4)nn3)CC2)c1. The largest absolute Gasteiger partial charge is 0.497 e. The van der Waals surface area contributed by atoms with Crippen molar-refractivity contribution in [1.82, 2.24) is 15.1 Å². The van der Waals surface area contributed by atoms with Crippen LogP contribution in [0.15, 0.2) is 54.6 Å². The number of aromatic nitrogens is 2. The van der Waals surface area contributed by atoms with Gasteiger partial charge in [0.1, 0.15) is 5.75 Å². The second-order valence-electron chi connectivity index (χ2n) is 7.59. The van der Waals surface area contributed by atoms with Gasteiger partial charge in [-0.3, -0.25) is 4.79 Å². The Hall–Kier alpha value is -3.41. The number of hydrogen-bond acceptors (Lipinski definition) is 5. The minimum Gasteiger partial charge on any atom is -0.497 e. The fourth-order valence-electron chi connectivity index (χ4n) is 3.63. The van der Waals surface area contributed by atoms with Gasteiger partial charge in [-0.25, -0.2) is 0 Å². The Bertz CT molecular complexity index is 1040. The van der Waals surface area contributed by atoms with Gasteiger partial charge in [-0.1, -0.05) is 18.2 Å². The smallest absolute Gasteiger partial charge is 0.254 e. The zero-order chi connectivity index (χ0) is 21.1. The molecule has 0 N–H and O–H groups in total. The summed E-state index contributed by atoms with van der Waals surface area (Å²) in [7, 11) is 1.61. The summed E-state index contributed by atoms with van der Waals surface area (Å²) in [5.41, 5.74) is 5.11. The normalized spacial score (nSPS) is 14.0. The van der Waals surface area contributed by atoms with E-state index in [0.29, 0.717) is 24.4 Å². The van der Waals surface area contributed by atoms with Crippen molar-refractivity contribution in [2.24, 2.45) is 0 Å². The number of methoxy groups -OCH3 is 1. The maximum atomic E-state index is 12.8. The summed E-state index contributed by atoms with van der Waals surface area (Å²) in [4.78, 5) is 16.8. The summed E-state index contributed by atoms with van der Waals surface area (Å²) >= 11 is 0. The van der Waals surface area contributed by atoms with Crippen LogP contribution in [0.4, 0.5) is 5.82 Å². The Kier molecular flexibility index (Phi) is 5.65. The maximum absolute atomic E-state index is 12.8. The first-order valence-electron chi connectivity index (χ1n) is 10.1. The minimum absolute atomic E-state index is 0.0322. The Morgan fingerprint density at radius 1 is 0.900 bits per heavy atom. The number of nitrogens with zero attached hydrogens (tertiary/aromatic N) is 4. The second-order valence-corrected chi connectivity index (χ2v) is 7.59. The zero-order valence-electron chi connectivity index (χ0n) is 17.6. The van der Waals surface area contributed by atoms with Crippen LogP contribution in [0.5, 0.6) is 5.75 Å². The van der Waals surface area contributed by atoms with Crippen molar-refractivity contribution in [3.63, 3.8) is 0 Å². The first-order chi connectivity index (χ1) is 14.5. The molecule has 1 aliphatic rings. The predicted octanol–water partition coefficient (Wildman–Crippen LogP) is 3.73. The van der Waals surface area contributed by atoms with Crippen molar-refractivity contribution in [3.05, 3.63) is 71.3 Å². The third-order valence-electron chi connectivity index (χ3n) is 5.66. The lowest BCUT2D eigenvalue weighted by Crippen LogP contribution is -2.49. The van der Waals surface area contributed by atoms with E-state index in [1.807, 2.05) is 35.2 Å². The molecule has 0 atom stereocenters. The molecule has 1 amide bonds. The predicted molar refractivity (Wildman–Crippen MR) is 118 cm³/mol. The summed E-state index contributed by atoms with van der Waals surface area (Å²) in [6, 6.07) is 17.6. The van der Waals surface area contributed by atoms with E-state index < -0.39 is 0 Å². The first kappa shape index (κ1) is 19.9. The summed E-state index contributed by atoms with van der Waals surface area (Å²) in [5.74, 6) is 1.57. The highest BCUT2D eigenvalue weighted by molar-refractivity contribution is 5.94. The van der Waals surface area contributed by atoms with Crippen molar-refractivity contribution >= 4 is 11.7 Å². The highest BCUT2D eigenvalue weighted by Crippen LogP contribution is 2.22. The van der Waals surface area contributed by atoms with Gasteiger partial charge in [0.25, 0.3) is 5.91 Å². The van der Waals surface area contributed by atoms with Gasteiger partial charge in [-0.2, -0.15) is 0 Å². The molecule has 3 aromatic rings. The lowest BCUT2D eigenvalue weighted by molar-refractivity contribution is 0.0746. The lowest BCUT2D eigenvalue weighted by Gasteiger charge is -2.35. The lowest BCUT2D eigenvalue weighted by atomic mass is 10.0. The molecule has 6 nitrogen and oxygen atoms in total. The van der Waals surface area contributed by atoms with Gasteiger partial charge in [0, 0.05) is 37.3 Å². The van der Waals surface area contributed by atoms with Crippen LogP contribution in [0.3, 0.4) is 0 Å². The number of aryl methyl sites for hydroxylation is 2. The van der Waals surface area contributed by atoms with Gasteiger partial charge in [-0.15, -0.1) is 10.2 Å². The molecule has 1 aliphatic heterocycles. The third kappa shape index (κ3) is 4.13. The average Bonchev–Trinajstić information content (AvgIpc) is 2.80. The van der Waals surface area contributed by atoms with Gasteiger partial charge in [0.2, 0.25) is 0 Å². The number of ether oxygens (including phenoxy) is 1. The average molecular weight is 402 g/mol. The Labute approximate surface area is 177 Å². The third-order valence-corrected chi connectivity index (χ3v) is 5.66. The van der Waals surface area contributed by atoms with Gasteiger partial charge in [0.05, 0.1) is 12.8 Å². The van der Waals surface area contributed by atoms with Crippen molar-refractivity contribution < 1.29 is 9.53 Å². The van der Waals surface area contributed by atoms with E-state index in [0.717, 1.165) is 30.2 Å². The van der Waals surface area contributed by atoms with E-state index in [2.05, 4.69) is 47.1 Å². The molecule has 0 spiro atoms. The van der Waals surface area contributed by atoms with Crippen LogP contribution in [-0.2, 0) is 0 Å². The number of carbonyl (C=O) groups is 1. The molecule has 1 saturated heterocycles. The monoisotopic (exact) mass is 402 g/mol. The number of hydrogen-bond donors (Lipinski definition) is 0. The molecule has 2 aromatic carbocycles. The Balaban J connectivity index is 1.40. The fourth-order valence-corrected chi connectivity index (χ4v) is 3.63. The van der Waals surface area contributed by atoms with E-state index in [9.17, 15) is 4.79 Å². The van der Waals surface area contributed by atoms with Crippen molar-refractivity contribution in [1.29, 1.82) is 0 Å². The molecule has 1 aromatic heterocycles. The topological polar surface area (TPSA) is 58.6 Å². The molecule has 2 heterocycles. The molecule has 0 aliphatic carbocycles. The second kappa shape index (κ2) is 8.53. The van der Waals surface area contributed by atoms with Crippen LogP contribution in [0, 0.1) is 13.8 Å². The Morgan fingerprint density at radius 3 is 2.37 bits per heavy atom. The van der Waals surface area contributed by atoms with Crippen LogP contribution in [-0.4, -0.2) is 54.3 Å². The number of anilines is 1.